The van der Waals surface area contributed by atoms with Crippen molar-refractivity contribution >= 4 is 5.91 Å². The van der Waals surface area contributed by atoms with Crippen LogP contribution in [0.3, 0.4) is 0 Å². The van der Waals surface area contributed by atoms with Gasteiger partial charge in [-0.15, -0.1) is 0 Å². The maximum atomic E-state index is 14.1. The fourth-order valence-corrected chi connectivity index (χ4v) is 2.34. The Morgan fingerprint density at radius 1 is 1.64 bits per heavy atom. The molecule has 2 fully saturated rings. The Morgan fingerprint density at radius 2 is 2.43 bits per heavy atom. The molecule has 0 saturated carbocycles. The van der Waals surface area contributed by atoms with E-state index in [4.69, 9.17) is 0 Å². The van der Waals surface area contributed by atoms with Crippen LogP contribution in [0, 0.1) is 0 Å². The molecule has 14 heavy (non-hydrogen) atoms. The number of nitrogens with one attached hydrogen (secondary N) is 1. The van der Waals surface area contributed by atoms with Crippen LogP contribution in [-0.2, 0) is 4.79 Å². The third-order valence-corrected chi connectivity index (χ3v) is 3.30. The summed E-state index contributed by atoms with van der Waals surface area (Å²) in [5, 5.41) is 2.91. The van der Waals surface area contributed by atoms with E-state index < -0.39 is 5.67 Å². The first-order valence-electron chi connectivity index (χ1n) is 5.34. The standard InChI is InChI=1S/C10H17FN2O/c1-8-3-2-6-13(8)9(14)10(11)4-5-12-7-10/h8,12H,2-7H2,1H3. The van der Waals surface area contributed by atoms with Crippen molar-refractivity contribution in [2.24, 2.45) is 0 Å². The van der Waals surface area contributed by atoms with Gasteiger partial charge in [-0.05, 0) is 26.3 Å². The SMILES string of the molecule is CC1CCCN1C(=O)C1(F)CCNC1. The van der Waals surface area contributed by atoms with E-state index in [0.717, 1.165) is 19.4 Å². The Bertz CT molecular complexity index is 238. The average Bonchev–Trinajstić information content (AvgIpc) is 2.74. The van der Waals surface area contributed by atoms with Gasteiger partial charge in [0.1, 0.15) is 0 Å². The van der Waals surface area contributed by atoms with Gasteiger partial charge in [0.25, 0.3) is 5.91 Å². The maximum Gasteiger partial charge on any atom is 0.261 e. The minimum absolute atomic E-state index is 0.190. The molecule has 2 rings (SSSR count). The Kier molecular flexibility index (Phi) is 2.47. The van der Waals surface area contributed by atoms with Crippen molar-refractivity contribution in [1.82, 2.24) is 10.2 Å². The molecule has 2 saturated heterocycles. The molecule has 0 aromatic heterocycles. The Labute approximate surface area is 83.6 Å². The van der Waals surface area contributed by atoms with Crippen molar-refractivity contribution < 1.29 is 9.18 Å². The lowest BCUT2D eigenvalue weighted by atomic mass is 10.0. The van der Waals surface area contributed by atoms with Gasteiger partial charge in [-0.2, -0.15) is 0 Å². The fraction of sp³-hybridized carbons (Fsp3) is 0.900. The van der Waals surface area contributed by atoms with E-state index in [9.17, 15) is 9.18 Å². The van der Waals surface area contributed by atoms with E-state index >= 15 is 0 Å². The Hall–Kier alpha value is -0.640. The molecule has 4 heteroatoms. The molecule has 0 radical (unpaired) electrons. The highest BCUT2D eigenvalue weighted by atomic mass is 19.1. The lowest BCUT2D eigenvalue weighted by Gasteiger charge is -2.28. The van der Waals surface area contributed by atoms with Crippen LogP contribution in [0.15, 0.2) is 0 Å². The van der Waals surface area contributed by atoms with Crippen LogP contribution >= 0.6 is 0 Å². The summed E-state index contributed by atoms with van der Waals surface area (Å²) >= 11 is 0. The molecule has 0 bridgehead atoms. The zero-order valence-corrected chi connectivity index (χ0v) is 8.55. The number of nitrogens with zero attached hydrogens (tertiary/aromatic N) is 1. The number of carbonyl (C=O) groups excluding carboxylic acids is 1. The van der Waals surface area contributed by atoms with E-state index in [2.05, 4.69) is 5.32 Å². The number of amides is 1. The van der Waals surface area contributed by atoms with Gasteiger partial charge in [0.05, 0.1) is 0 Å². The number of likely N-dealkylation sites (tertiary alicyclic amines) is 1. The quantitative estimate of drug-likeness (QED) is 0.675. The Balaban J connectivity index is 2.06. The minimum Gasteiger partial charge on any atom is -0.337 e. The molecule has 2 unspecified atom stereocenters. The van der Waals surface area contributed by atoms with Crippen LogP contribution in [0.1, 0.15) is 26.2 Å². The monoisotopic (exact) mass is 200 g/mol. The molecule has 3 nitrogen and oxygen atoms in total. The summed E-state index contributed by atoms with van der Waals surface area (Å²) < 4.78 is 14.1. The number of hydrogen-bond donors (Lipinski definition) is 1. The second-order valence-electron chi connectivity index (χ2n) is 4.38. The predicted octanol–water partition coefficient (Wildman–Crippen LogP) is 0.699. The number of hydrogen-bond acceptors (Lipinski definition) is 2. The molecule has 2 atom stereocenters. The highest BCUT2D eigenvalue weighted by Gasteiger charge is 2.45. The topological polar surface area (TPSA) is 32.3 Å². The van der Waals surface area contributed by atoms with Crippen LogP contribution in [-0.4, -0.2) is 42.2 Å². The summed E-state index contributed by atoms with van der Waals surface area (Å²) in [5.74, 6) is -0.299. The van der Waals surface area contributed by atoms with Crippen LogP contribution in [0.5, 0.6) is 0 Å². The molecule has 2 aliphatic rings. The smallest absolute Gasteiger partial charge is 0.261 e. The van der Waals surface area contributed by atoms with Gasteiger partial charge in [-0.1, -0.05) is 0 Å². The van der Waals surface area contributed by atoms with Crippen molar-refractivity contribution in [2.75, 3.05) is 19.6 Å². The van der Waals surface area contributed by atoms with E-state index in [1.165, 1.54) is 0 Å². The van der Waals surface area contributed by atoms with Gasteiger partial charge < -0.3 is 10.2 Å². The second kappa shape index (κ2) is 3.50. The molecule has 2 aliphatic heterocycles. The van der Waals surface area contributed by atoms with Crippen LogP contribution in [0.4, 0.5) is 4.39 Å². The molecular weight excluding hydrogens is 183 g/mol. The lowest BCUT2D eigenvalue weighted by molar-refractivity contribution is -0.143. The number of alkyl halides is 1. The molecule has 0 spiro atoms. The summed E-state index contributed by atoms with van der Waals surface area (Å²) in [5.41, 5.74) is -1.63. The van der Waals surface area contributed by atoms with Crippen LogP contribution < -0.4 is 5.32 Å². The van der Waals surface area contributed by atoms with Gasteiger partial charge in [0.2, 0.25) is 5.67 Å². The van der Waals surface area contributed by atoms with E-state index in [0.29, 0.717) is 13.0 Å². The highest BCUT2D eigenvalue weighted by molar-refractivity contribution is 5.86. The van der Waals surface area contributed by atoms with Gasteiger partial charge >= 0.3 is 0 Å². The van der Waals surface area contributed by atoms with Gasteiger partial charge in [-0.25, -0.2) is 4.39 Å². The zero-order chi connectivity index (χ0) is 10.2. The molecule has 0 aliphatic carbocycles. The first-order chi connectivity index (χ1) is 6.63. The summed E-state index contributed by atoms with van der Waals surface area (Å²) in [7, 11) is 0. The normalized spacial score (nSPS) is 37.9. The average molecular weight is 200 g/mol. The number of rotatable bonds is 1. The van der Waals surface area contributed by atoms with Crippen molar-refractivity contribution in [3.63, 3.8) is 0 Å². The molecule has 0 aromatic rings. The summed E-state index contributed by atoms with van der Waals surface area (Å²) in [6, 6.07) is 0.218. The highest BCUT2D eigenvalue weighted by Crippen LogP contribution is 2.27. The second-order valence-corrected chi connectivity index (χ2v) is 4.38. The van der Waals surface area contributed by atoms with Gasteiger partial charge in [0, 0.05) is 25.6 Å². The van der Waals surface area contributed by atoms with Crippen molar-refractivity contribution in [3.05, 3.63) is 0 Å². The van der Waals surface area contributed by atoms with Crippen molar-refractivity contribution in [2.45, 2.75) is 37.9 Å². The summed E-state index contributed by atoms with van der Waals surface area (Å²) in [6.07, 6.45) is 2.35. The predicted molar refractivity (Wildman–Crippen MR) is 51.7 cm³/mol. The van der Waals surface area contributed by atoms with Crippen LogP contribution in [0.2, 0.25) is 0 Å². The number of halogens is 1. The Morgan fingerprint density at radius 3 is 2.93 bits per heavy atom. The molecule has 0 aromatic carbocycles. The zero-order valence-electron chi connectivity index (χ0n) is 8.55. The van der Waals surface area contributed by atoms with Gasteiger partial charge in [-0.3, -0.25) is 4.79 Å². The summed E-state index contributed by atoms with van der Waals surface area (Å²) in [4.78, 5) is 13.6. The van der Waals surface area contributed by atoms with Gasteiger partial charge in [0.15, 0.2) is 0 Å². The maximum absolute atomic E-state index is 14.1. The van der Waals surface area contributed by atoms with Crippen molar-refractivity contribution in [1.29, 1.82) is 0 Å². The lowest BCUT2D eigenvalue weighted by Crippen LogP contribution is -2.48. The first kappa shape index (κ1) is 9.90. The fourth-order valence-electron chi connectivity index (χ4n) is 2.34. The molecule has 80 valence electrons. The summed E-state index contributed by atoms with van der Waals surface area (Å²) in [6.45, 7) is 3.53. The molecular formula is C10H17FN2O. The first-order valence-corrected chi connectivity index (χ1v) is 5.34. The largest absolute Gasteiger partial charge is 0.337 e. The number of carbonyl (C=O) groups is 1. The molecule has 2 heterocycles. The third kappa shape index (κ3) is 1.52. The van der Waals surface area contributed by atoms with E-state index in [1.807, 2.05) is 6.92 Å². The third-order valence-electron chi connectivity index (χ3n) is 3.30. The van der Waals surface area contributed by atoms with E-state index in [1.54, 1.807) is 4.90 Å². The van der Waals surface area contributed by atoms with Crippen molar-refractivity contribution in [3.8, 4) is 0 Å². The van der Waals surface area contributed by atoms with E-state index in [-0.39, 0.29) is 18.5 Å². The molecule has 1 N–H and O–H groups in total. The molecule has 1 amide bonds. The van der Waals surface area contributed by atoms with Crippen LogP contribution in [0.25, 0.3) is 0 Å². The minimum atomic E-state index is -1.63.